The number of aliphatic hydroxyl groups is 1. The zero-order valence-electron chi connectivity index (χ0n) is 52.6. The van der Waals surface area contributed by atoms with Crippen LogP contribution in [0.5, 0.6) is 0 Å². The molecule has 0 aromatic heterocycles. The second-order valence-electron chi connectivity index (χ2n) is 22.5. The van der Waals surface area contributed by atoms with Gasteiger partial charge in [-0.2, -0.15) is 0 Å². The van der Waals surface area contributed by atoms with Crippen LogP contribution in [-0.2, 0) is 65.4 Å². The Hall–Kier alpha value is -2.46. The Bertz CT molecular complexity index is 1700. The van der Waals surface area contributed by atoms with Crippen LogP contribution in [-0.4, -0.2) is 96.7 Å². The van der Waals surface area contributed by atoms with Crippen LogP contribution in [0.1, 0.15) is 304 Å². The molecule has 0 radical (unpaired) electrons. The first-order valence-corrected chi connectivity index (χ1v) is 36.1. The highest BCUT2D eigenvalue weighted by Gasteiger charge is 2.30. The van der Waals surface area contributed by atoms with E-state index in [1.165, 1.54) is 109 Å². The highest BCUT2D eigenvalue weighted by molar-refractivity contribution is 7.47. The molecule has 0 aromatic carbocycles. The minimum atomic E-state index is -4.95. The van der Waals surface area contributed by atoms with Gasteiger partial charge in [0.15, 0.2) is 12.2 Å². The Morgan fingerprint density at radius 3 is 0.880 bits per heavy atom. The number of phosphoric ester groups is 2. The third-order valence-electron chi connectivity index (χ3n) is 14.2. The van der Waals surface area contributed by atoms with Crippen molar-refractivity contribution in [1.82, 2.24) is 0 Å². The molecule has 0 bridgehead atoms. The van der Waals surface area contributed by atoms with Gasteiger partial charge in [-0.25, -0.2) is 9.13 Å². The van der Waals surface area contributed by atoms with E-state index >= 15 is 0 Å². The molecule has 0 amide bonds. The predicted molar refractivity (Wildman–Crippen MR) is 331 cm³/mol. The van der Waals surface area contributed by atoms with Crippen LogP contribution in [0.25, 0.3) is 0 Å². The van der Waals surface area contributed by atoms with Crippen molar-refractivity contribution < 1.29 is 80.2 Å². The molecule has 488 valence electrons. The van der Waals surface area contributed by atoms with Gasteiger partial charge in [0.25, 0.3) is 0 Å². The minimum absolute atomic E-state index is 0.0855. The molecule has 0 fully saturated rings. The maximum atomic E-state index is 13.0. The molecule has 0 aliphatic carbocycles. The average molecular weight is 1220 g/mol. The standard InChI is InChI=1S/C64H120O17P2/c1-5-9-13-17-21-25-27-29-30-31-33-35-39-43-47-51-64(69)81-60(55-75-62(67)49-45-41-38-34-32-28-26-22-18-14-10-6-2)57-79-83(72,73)77-53-58(65)52-76-82(70,71)78-56-59(80-63(68)50-46-42-37-24-20-16-12-8-4)54-74-61(66)48-44-40-36-23-19-15-11-7-3/h25,27,29-30,58-60,65H,5-24,26,28,31-57H2,1-4H3,(H,70,71)(H,72,73)/b27-25-,30-29-/t58-,59+,60+/m0/s1. The van der Waals surface area contributed by atoms with Crippen LogP contribution in [0.4, 0.5) is 0 Å². The maximum absolute atomic E-state index is 13.0. The van der Waals surface area contributed by atoms with Crippen molar-refractivity contribution in [1.29, 1.82) is 0 Å². The van der Waals surface area contributed by atoms with Gasteiger partial charge in [0.05, 0.1) is 26.4 Å². The monoisotopic (exact) mass is 1220 g/mol. The van der Waals surface area contributed by atoms with E-state index in [1.807, 2.05) is 0 Å². The van der Waals surface area contributed by atoms with Crippen LogP contribution in [0.15, 0.2) is 24.3 Å². The number of allylic oxidation sites excluding steroid dienone is 4. The molecule has 17 nitrogen and oxygen atoms in total. The summed E-state index contributed by atoms with van der Waals surface area (Å²) in [5.74, 6) is -2.17. The van der Waals surface area contributed by atoms with E-state index in [4.69, 9.17) is 37.0 Å². The number of rotatable bonds is 63. The second-order valence-corrected chi connectivity index (χ2v) is 25.4. The molecule has 3 N–H and O–H groups in total. The number of carbonyl (C=O) groups is 4. The summed E-state index contributed by atoms with van der Waals surface area (Å²) in [6.45, 7) is 4.77. The van der Waals surface area contributed by atoms with Gasteiger partial charge < -0.3 is 33.8 Å². The first kappa shape index (κ1) is 80.5. The van der Waals surface area contributed by atoms with Gasteiger partial charge in [-0.05, 0) is 51.4 Å². The van der Waals surface area contributed by atoms with Crippen molar-refractivity contribution >= 4 is 39.5 Å². The highest BCUT2D eigenvalue weighted by atomic mass is 31.2. The summed E-state index contributed by atoms with van der Waals surface area (Å²) in [4.78, 5) is 72.0. The van der Waals surface area contributed by atoms with Crippen LogP contribution >= 0.6 is 15.6 Å². The summed E-state index contributed by atoms with van der Waals surface area (Å²) >= 11 is 0. The normalized spacial score (nSPS) is 14.3. The molecule has 0 saturated heterocycles. The molecule has 0 rings (SSSR count). The number of phosphoric acid groups is 2. The van der Waals surface area contributed by atoms with Gasteiger partial charge in [0.2, 0.25) is 0 Å². The van der Waals surface area contributed by atoms with Gasteiger partial charge in [-0.15, -0.1) is 0 Å². The second kappa shape index (κ2) is 58.6. The molecular formula is C64H120O17P2. The summed E-state index contributed by atoms with van der Waals surface area (Å²) in [7, 11) is -9.89. The molecule has 0 aliphatic heterocycles. The van der Waals surface area contributed by atoms with Crippen molar-refractivity contribution in [2.24, 2.45) is 0 Å². The number of hydrogen-bond donors (Lipinski definition) is 3. The fourth-order valence-corrected chi connectivity index (χ4v) is 10.7. The molecule has 0 aromatic rings. The van der Waals surface area contributed by atoms with E-state index in [0.29, 0.717) is 25.7 Å². The summed E-state index contributed by atoms with van der Waals surface area (Å²) in [5.41, 5.74) is 0. The van der Waals surface area contributed by atoms with Gasteiger partial charge in [-0.3, -0.25) is 37.3 Å². The van der Waals surface area contributed by atoms with Gasteiger partial charge in [0, 0.05) is 25.7 Å². The van der Waals surface area contributed by atoms with E-state index in [9.17, 15) is 43.2 Å². The molecule has 83 heavy (non-hydrogen) atoms. The predicted octanol–water partition coefficient (Wildman–Crippen LogP) is 17.5. The molecule has 2 unspecified atom stereocenters. The highest BCUT2D eigenvalue weighted by Crippen LogP contribution is 2.45. The number of ether oxygens (including phenoxy) is 4. The average Bonchev–Trinajstić information content (AvgIpc) is 3.47. The summed E-state index contributed by atoms with van der Waals surface area (Å²) in [6, 6.07) is 0. The molecule has 0 heterocycles. The summed E-state index contributed by atoms with van der Waals surface area (Å²) in [5, 5.41) is 10.5. The fraction of sp³-hybridized carbons (Fsp3) is 0.875. The largest absolute Gasteiger partial charge is 0.472 e. The lowest BCUT2D eigenvalue weighted by molar-refractivity contribution is -0.161. The Kier molecular flexibility index (Phi) is 56.8. The first-order valence-electron chi connectivity index (χ1n) is 33.1. The van der Waals surface area contributed by atoms with E-state index in [1.54, 1.807) is 0 Å². The number of unbranched alkanes of at least 4 members (excludes halogenated alkanes) is 34. The Morgan fingerprint density at radius 2 is 0.578 bits per heavy atom. The summed E-state index contributed by atoms with van der Waals surface area (Å²) < 4.78 is 67.8. The van der Waals surface area contributed by atoms with Crippen molar-refractivity contribution in [3.05, 3.63) is 24.3 Å². The summed E-state index contributed by atoms with van der Waals surface area (Å²) in [6.07, 6.45) is 46.7. The first-order chi connectivity index (χ1) is 40.2. The van der Waals surface area contributed by atoms with E-state index < -0.39 is 97.5 Å². The third-order valence-corrected chi connectivity index (χ3v) is 16.1. The lowest BCUT2D eigenvalue weighted by Gasteiger charge is -2.21. The van der Waals surface area contributed by atoms with Crippen molar-refractivity contribution in [2.75, 3.05) is 39.6 Å². The van der Waals surface area contributed by atoms with E-state index in [0.717, 1.165) is 116 Å². The Labute approximate surface area is 503 Å². The van der Waals surface area contributed by atoms with Crippen LogP contribution in [0.3, 0.4) is 0 Å². The van der Waals surface area contributed by atoms with Gasteiger partial charge in [-0.1, -0.05) is 251 Å². The molecule has 0 spiro atoms. The molecule has 5 atom stereocenters. The smallest absolute Gasteiger partial charge is 0.462 e. The number of carbonyl (C=O) groups excluding carboxylic acids is 4. The zero-order valence-corrected chi connectivity index (χ0v) is 54.4. The van der Waals surface area contributed by atoms with Crippen molar-refractivity contribution in [2.45, 2.75) is 322 Å². The van der Waals surface area contributed by atoms with Gasteiger partial charge >= 0.3 is 39.5 Å². The molecule has 19 heteroatoms. The van der Waals surface area contributed by atoms with E-state index in [2.05, 4.69) is 52.0 Å². The molecule has 0 aliphatic rings. The SMILES string of the molecule is CCCCCC/C=C\C=C/CCCCCCCC(=O)O[C@H](COC(=O)CCCCCCCCCCCCCC)COP(=O)(O)OC[C@@H](O)COP(=O)(O)OC[C@@H](COC(=O)CCCCCCCCCC)OC(=O)CCCCCCCCCC. The molecule has 0 saturated carbocycles. The van der Waals surface area contributed by atoms with Gasteiger partial charge in [0.1, 0.15) is 19.3 Å². The number of hydrogen-bond acceptors (Lipinski definition) is 15. The Balaban J connectivity index is 5.24. The number of esters is 4. The lowest BCUT2D eigenvalue weighted by Crippen LogP contribution is -2.30. The van der Waals surface area contributed by atoms with E-state index in [-0.39, 0.29) is 25.7 Å². The molecular weight excluding hydrogens is 1100 g/mol. The Morgan fingerprint density at radius 1 is 0.337 bits per heavy atom. The van der Waals surface area contributed by atoms with Crippen molar-refractivity contribution in [3.8, 4) is 0 Å². The fourth-order valence-electron chi connectivity index (χ4n) is 9.09. The zero-order chi connectivity index (χ0) is 61.2. The minimum Gasteiger partial charge on any atom is -0.462 e. The van der Waals surface area contributed by atoms with Crippen molar-refractivity contribution in [3.63, 3.8) is 0 Å². The third kappa shape index (κ3) is 58.3. The number of aliphatic hydroxyl groups excluding tert-OH is 1. The topological polar surface area (TPSA) is 237 Å². The van der Waals surface area contributed by atoms with Crippen LogP contribution in [0.2, 0.25) is 0 Å². The maximum Gasteiger partial charge on any atom is 0.472 e. The van der Waals surface area contributed by atoms with Crippen LogP contribution in [0, 0.1) is 0 Å². The quantitative estimate of drug-likeness (QED) is 0.0169. The van der Waals surface area contributed by atoms with Crippen LogP contribution < -0.4 is 0 Å². The lowest BCUT2D eigenvalue weighted by atomic mass is 10.0.